The Balaban J connectivity index is 1.96. The molecular formula is C18H20ClNO3. The molecule has 0 atom stereocenters. The number of halogens is 1. The zero-order valence-electron chi connectivity index (χ0n) is 13.5. The normalized spacial score (nSPS) is 10.3. The lowest BCUT2D eigenvalue weighted by molar-refractivity contribution is -0.132. The highest BCUT2D eigenvalue weighted by molar-refractivity contribution is 6.32. The summed E-state index contributed by atoms with van der Waals surface area (Å²) in [5, 5.41) is 0.496. The van der Waals surface area contributed by atoms with Crippen LogP contribution in [0.5, 0.6) is 11.5 Å². The molecule has 1 amide bonds. The van der Waals surface area contributed by atoms with Crippen LogP contribution in [0.1, 0.15) is 11.1 Å². The lowest BCUT2D eigenvalue weighted by Crippen LogP contribution is -2.31. The van der Waals surface area contributed by atoms with E-state index in [-0.39, 0.29) is 12.5 Å². The fourth-order valence-corrected chi connectivity index (χ4v) is 2.32. The fraction of sp³-hybridized carbons (Fsp3) is 0.278. The summed E-state index contributed by atoms with van der Waals surface area (Å²) in [5.41, 5.74) is 1.97. The quantitative estimate of drug-likeness (QED) is 0.809. The molecule has 0 saturated heterocycles. The molecule has 23 heavy (non-hydrogen) atoms. The van der Waals surface area contributed by atoms with Gasteiger partial charge in [0.25, 0.3) is 5.91 Å². The zero-order valence-corrected chi connectivity index (χ0v) is 14.3. The Bertz CT molecular complexity index is 688. The third-order valence-electron chi connectivity index (χ3n) is 3.46. The van der Waals surface area contributed by atoms with Gasteiger partial charge in [0, 0.05) is 19.2 Å². The molecule has 0 fully saturated rings. The molecule has 0 aromatic heterocycles. The van der Waals surface area contributed by atoms with Gasteiger partial charge in [0.1, 0.15) is 11.5 Å². The minimum atomic E-state index is -0.131. The first-order chi connectivity index (χ1) is 11.0. The first-order valence-corrected chi connectivity index (χ1v) is 7.64. The van der Waals surface area contributed by atoms with Gasteiger partial charge in [-0.2, -0.15) is 0 Å². The highest BCUT2D eigenvalue weighted by atomic mass is 35.5. The Morgan fingerprint density at radius 2 is 1.91 bits per heavy atom. The third-order valence-corrected chi connectivity index (χ3v) is 3.78. The number of hydrogen-bond acceptors (Lipinski definition) is 3. The van der Waals surface area contributed by atoms with E-state index in [9.17, 15) is 4.79 Å². The summed E-state index contributed by atoms with van der Waals surface area (Å²) in [7, 11) is 3.35. The van der Waals surface area contributed by atoms with Gasteiger partial charge >= 0.3 is 0 Å². The van der Waals surface area contributed by atoms with Crippen molar-refractivity contribution in [2.24, 2.45) is 0 Å². The molecule has 0 bridgehead atoms. The van der Waals surface area contributed by atoms with Crippen LogP contribution in [0, 0.1) is 6.92 Å². The van der Waals surface area contributed by atoms with Crippen molar-refractivity contribution in [3.8, 4) is 11.5 Å². The van der Waals surface area contributed by atoms with Crippen LogP contribution in [-0.2, 0) is 11.3 Å². The second kappa shape index (κ2) is 7.88. The number of rotatable bonds is 6. The van der Waals surface area contributed by atoms with Gasteiger partial charge in [0.2, 0.25) is 0 Å². The zero-order chi connectivity index (χ0) is 16.8. The fourth-order valence-electron chi connectivity index (χ4n) is 2.15. The lowest BCUT2D eigenvalue weighted by Gasteiger charge is -2.19. The van der Waals surface area contributed by atoms with E-state index >= 15 is 0 Å². The maximum atomic E-state index is 12.2. The highest BCUT2D eigenvalue weighted by Gasteiger charge is 2.13. The SMILES string of the molecule is COc1ccccc1CN(C)C(=O)COc1cc(C)ccc1Cl. The molecule has 122 valence electrons. The van der Waals surface area contributed by atoms with Crippen LogP contribution < -0.4 is 9.47 Å². The molecule has 5 heteroatoms. The molecule has 0 radical (unpaired) electrons. The molecule has 0 N–H and O–H groups in total. The van der Waals surface area contributed by atoms with E-state index < -0.39 is 0 Å². The average Bonchev–Trinajstić information content (AvgIpc) is 2.55. The van der Waals surface area contributed by atoms with Crippen molar-refractivity contribution in [1.82, 2.24) is 4.90 Å². The molecule has 2 rings (SSSR count). The minimum absolute atomic E-state index is 0.0607. The number of nitrogens with zero attached hydrogens (tertiary/aromatic N) is 1. The number of amides is 1. The maximum Gasteiger partial charge on any atom is 0.260 e. The number of benzene rings is 2. The second-order valence-electron chi connectivity index (χ2n) is 5.28. The average molecular weight is 334 g/mol. The topological polar surface area (TPSA) is 38.8 Å². The van der Waals surface area contributed by atoms with Crippen molar-refractivity contribution in [1.29, 1.82) is 0 Å². The van der Waals surface area contributed by atoms with Crippen molar-refractivity contribution in [2.75, 3.05) is 20.8 Å². The smallest absolute Gasteiger partial charge is 0.260 e. The predicted octanol–water partition coefficient (Wildman–Crippen LogP) is 3.69. The molecule has 2 aromatic rings. The van der Waals surface area contributed by atoms with Gasteiger partial charge in [-0.25, -0.2) is 0 Å². The van der Waals surface area contributed by atoms with Crippen LogP contribution in [0.3, 0.4) is 0 Å². The first-order valence-electron chi connectivity index (χ1n) is 7.26. The van der Waals surface area contributed by atoms with Crippen molar-refractivity contribution < 1.29 is 14.3 Å². The van der Waals surface area contributed by atoms with Crippen LogP contribution in [0.25, 0.3) is 0 Å². The van der Waals surface area contributed by atoms with Gasteiger partial charge in [-0.15, -0.1) is 0 Å². The van der Waals surface area contributed by atoms with Crippen LogP contribution in [0.2, 0.25) is 5.02 Å². The number of para-hydroxylation sites is 1. The first kappa shape index (κ1) is 17.2. The van der Waals surface area contributed by atoms with E-state index in [1.807, 2.05) is 43.3 Å². The lowest BCUT2D eigenvalue weighted by atomic mass is 10.2. The highest BCUT2D eigenvalue weighted by Crippen LogP contribution is 2.25. The van der Waals surface area contributed by atoms with E-state index in [0.29, 0.717) is 17.3 Å². The van der Waals surface area contributed by atoms with Gasteiger partial charge in [0.15, 0.2) is 6.61 Å². The van der Waals surface area contributed by atoms with Crippen LogP contribution in [0.15, 0.2) is 42.5 Å². The number of methoxy groups -OCH3 is 1. The Kier molecular flexibility index (Phi) is 5.88. The van der Waals surface area contributed by atoms with Gasteiger partial charge in [-0.1, -0.05) is 35.9 Å². The van der Waals surface area contributed by atoms with E-state index in [1.165, 1.54) is 0 Å². The molecule has 4 nitrogen and oxygen atoms in total. The van der Waals surface area contributed by atoms with Crippen LogP contribution >= 0.6 is 11.6 Å². The Labute approximate surface area is 141 Å². The van der Waals surface area contributed by atoms with Crippen LogP contribution in [0.4, 0.5) is 0 Å². The minimum Gasteiger partial charge on any atom is -0.496 e. The van der Waals surface area contributed by atoms with Gasteiger partial charge in [-0.3, -0.25) is 4.79 Å². The molecule has 0 heterocycles. The Morgan fingerprint density at radius 3 is 2.65 bits per heavy atom. The largest absolute Gasteiger partial charge is 0.496 e. The monoisotopic (exact) mass is 333 g/mol. The molecule has 0 spiro atoms. The van der Waals surface area contributed by atoms with Crippen molar-refractivity contribution in [2.45, 2.75) is 13.5 Å². The van der Waals surface area contributed by atoms with Crippen molar-refractivity contribution >= 4 is 17.5 Å². The molecule has 2 aromatic carbocycles. The summed E-state index contributed by atoms with van der Waals surface area (Å²) >= 11 is 6.06. The summed E-state index contributed by atoms with van der Waals surface area (Å²) in [6, 6.07) is 13.1. The molecular weight excluding hydrogens is 314 g/mol. The number of aryl methyl sites for hydroxylation is 1. The summed E-state index contributed by atoms with van der Waals surface area (Å²) in [4.78, 5) is 13.8. The Hall–Kier alpha value is -2.20. The summed E-state index contributed by atoms with van der Waals surface area (Å²) in [5.74, 6) is 1.15. The number of ether oxygens (including phenoxy) is 2. The number of likely N-dealkylation sites (N-methyl/N-ethyl adjacent to an activating group) is 1. The second-order valence-corrected chi connectivity index (χ2v) is 5.69. The summed E-state index contributed by atoms with van der Waals surface area (Å²) in [6.45, 7) is 2.33. The number of carbonyl (C=O) groups is 1. The summed E-state index contributed by atoms with van der Waals surface area (Å²) in [6.07, 6.45) is 0. The molecule has 0 aliphatic rings. The van der Waals surface area contributed by atoms with E-state index in [0.717, 1.165) is 16.9 Å². The van der Waals surface area contributed by atoms with Crippen molar-refractivity contribution in [3.05, 3.63) is 58.6 Å². The van der Waals surface area contributed by atoms with Crippen LogP contribution in [-0.4, -0.2) is 31.6 Å². The molecule has 0 aliphatic carbocycles. The molecule has 0 aliphatic heterocycles. The van der Waals surface area contributed by atoms with Gasteiger partial charge in [0.05, 0.1) is 12.1 Å². The standard InChI is InChI=1S/C18H20ClNO3/c1-13-8-9-15(19)17(10-13)23-12-18(21)20(2)11-14-6-4-5-7-16(14)22-3/h4-10H,11-12H2,1-3H3. The van der Waals surface area contributed by atoms with Gasteiger partial charge in [-0.05, 0) is 30.7 Å². The third kappa shape index (κ3) is 4.63. The molecule has 0 saturated carbocycles. The number of carbonyl (C=O) groups excluding carboxylic acids is 1. The predicted molar refractivity (Wildman–Crippen MR) is 91.2 cm³/mol. The summed E-state index contributed by atoms with van der Waals surface area (Å²) < 4.78 is 10.8. The van der Waals surface area contributed by atoms with Gasteiger partial charge < -0.3 is 14.4 Å². The Morgan fingerprint density at radius 1 is 1.17 bits per heavy atom. The van der Waals surface area contributed by atoms with E-state index in [4.69, 9.17) is 21.1 Å². The van der Waals surface area contributed by atoms with E-state index in [1.54, 1.807) is 25.1 Å². The van der Waals surface area contributed by atoms with Crippen molar-refractivity contribution in [3.63, 3.8) is 0 Å². The van der Waals surface area contributed by atoms with E-state index in [2.05, 4.69) is 0 Å². The number of hydrogen-bond donors (Lipinski definition) is 0. The maximum absolute atomic E-state index is 12.2. The molecule has 0 unspecified atom stereocenters.